The summed E-state index contributed by atoms with van der Waals surface area (Å²) in [7, 11) is 0. The minimum Gasteiger partial charge on any atom is -0.477 e. The van der Waals surface area contributed by atoms with Crippen molar-refractivity contribution >= 4 is 63.2 Å². The number of aliphatic carboxylic acids is 1. The molecule has 0 unspecified atom stereocenters. The minimum atomic E-state index is -1.18. The fourth-order valence-corrected chi connectivity index (χ4v) is 7.15. The number of fused-ring (bicyclic) bond motifs is 4. The molecule has 1 saturated heterocycles. The highest BCUT2D eigenvalue weighted by atomic mass is 32.2. The second-order valence-electron chi connectivity index (χ2n) is 8.72. The Balaban J connectivity index is 1.23. The van der Waals surface area contributed by atoms with Gasteiger partial charge in [-0.25, -0.2) is 4.79 Å². The molecule has 37 heavy (non-hydrogen) atoms. The predicted octanol–water partition coefficient (Wildman–Crippen LogP) is 4.07. The first-order valence-electron chi connectivity index (χ1n) is 11.5. The topological polar surface area (TPSA) is 126 Å². The highest BCUT2D eigenvalue weighted by Crippen LogP contribution is 2.46. The van der Waals surface area contributed by atoms with E-state index in [1.165, 1.54) is 28.4 Å². The molecule has 0 aliphatic carbocycles. The summed E-state index contributed by atoms with van der Waals surface area (Å²) in [5.41, 5.74) is 8.19. The van der Waals surface area contributed by atoms with Crippen LogP contribution in [0.4, 0.5) is 0 Å². The standard InChI is InChI=1S/C27H21N3O5S2/c28-21(14-6-2-1-3-7-14)24(31)29-22-25(32)30-23(27(33)34)20(13-36-26(22)30)37-15-10-11-19-17(12-15)16-8-4-5-9-18(16)35-19/h1-12,21-22,26H,13,28H2,(H,29,31)(H,33,34)/t21-,22-,26-/m1/s1. The third-order valence-electron chi connectivity index (χ3n) is 6.46. The first-order chi connectivity index (χ1) is 17.9. The van der Waals surface area contributed by atoms with Gasteiger partial charge in [-0.1, -0.05) is 60.3 Å². The number of nitrogens with two attached hydrogens (primary N) is 1. The summed E-state index contributed by atoms with van der Waals surface area (Å²) in [5, 5.41) is 14.1. The van der Waals surface area contributed by atoms with Crippen LogP contribution < -0.4 is 11.1 Å². The molecular weight excluding hydrogens is 510 g/mol. The first kappa shape index (κ1) is 23.7. The highest BCUT2D eigenvalue weighted by Gasteiger charge is 2.54. The number of hydrogen-bond acceptors (Lipinski definition) is 7. The quantitative estimate of drug-likeness (QED) is 0.318. The van der Waals surface area contributed by atoms with E-state index in [0.717, 1.165) is 26.8 Å². The normalized spacial score (nSPS) is 20.0. The lowest BCUT2D eigenvalue weighted by atomic mass is 10.0. The van der Waals surface area contributed by atoms with Gasteiger partial charge in [-0.2, -0.15) is 0 Å². The molecule has 2 aliphatic rings. The fraction of sp³-hybridized carbons (Fsp3) is 0.148. The van der Waals surface area contributed by atoms with Crippen LogP contribution in [0.1, 0.15) is 11.6 Å². The van der Waals surface area contributed by atoms with Gasteiger partial charge in [0.2, 0.25) is 5.91 Å². The molecule has 1 fully saturated rings. The average Bonchev–Trinajstić information content (AvgIpc) is 3.29. The molecular formula is C27H21N3O5S2. The van der Waals surface area contributed by atoms with Gasteiger partial charge < -0.3 is 20.6 Å². The molecule has 1 aromatic heterocycles. The summed E-state index contributed by atoms with van der Waals surface area (Å²) in [6.45, 7) is 0. The van der Waals surface area contributed by atoms with Crippen molar-refractivity contribution < 1.29 is 23.9 Å². The molecule has 0 bridgehead atoms. The molecule has 3 atom stereocenters. The Labute approximate surface area is 219 Å². The van der Waals surface area contributed by atoms with Gasteiger partial charge in [0.1, 0.15) is 34.3 Å². The second-order valence-corrected chi connectivity index (χ2v) is 11.0. The SMILES string of the molecule is N[C@@H](C(=O)N[C@@H]1C(=O)N2C(C(=O)O)=C(Sc3ccc4oc5ccccc5c4c3)CS[C@H]12)c1ccccc1. The molecule has 186 valence electrons. The van der Waals surface area contributed by atoms with Gasteiger partial charge in [-0.05, 0) is 29.8 Å². The third-order valence-corrected chi connectivity index (χ3v) is 9.00. The Morgan fingerprint density at radius 1 is 1.05 bits per heavy atom. The van der Waals surface area contributed by atoms with E-state index in [9.17, 15) is 19.5 Å². The van der Waals surface area contributed by atoms with E-state index in [1.54, 1.807) is 24.3 Å². The zero-order chi connectivity index (χ0) is 25.7. The number of furan rings is 1. The van der Waals surface area contributed by atoms with Crippen molar-refractivity contribution in [1.82, 2.24) is 10.2 Å². The maximum Gasteiger partial charge on any atom is 0.353 e. The summed E-state index contributed by atoms with van der Waals surface area (Å²) < 4.78 is 5.88. The number of nitrogens with one attached hydrogen (secondary N) is 1. The van der Waals surface area contributed by atoms with E-state index in [-0.39, 0.29) is 5.70 Å². The van der Waals surface area contributed by atoms with Crippen LogP contribution in [0.15, 0.2) is 92.7 Å². The van der Waals surface area contributed by atoms with Gasteiger partial charge in [0.15, 0.2) is 0 Å². The number of nitrogens with zero attached hydrogens (tertiary/aromatic N) is 1. The number of carbonyl (C=O) groups excluding carboxylic acids is 2. The lowest BCUT2D eigenvalue weighted by Gasteiger charge is -2.49. The Morgan fingerprint density at radius 2 is 1.78 bits per heavy atom. The van der Waals surface area contributed by atoms with E-state index in [2.05, 4.69) is 5.32 Å². The summed E-state index contributed by atoms with van der Waals surface area (Å²) in [5.74, 6) is -1.73. The molecule has 3 aromatic carbocycles. The first-order valence-corrected chi connectivity index (χ1v) is 13.4. The fourth-order valence-electron chi connectivity index (χ4n) is 4.63. The number of β-lactam (4-membered cyclic amide) rings is 1. The number of para-hydroxylation sites is 1. The number of carbonyl (C=O) groups is 3. The van der Waals surface area contributed by atoms with E-state index in [1.807, 2.05) is 48.5 Å². The van der Waals surface area contributed by atoms with E-state index < -0.39 is 35.2 Å². The molecule has 0 spiro atoms. The molecule has 8 nitrogen and oxygen atoms in total. The smallest absolute Gasteiger partial charge is 0.353 e. The second kappa shape index (κ2) is 9.29. The van der Waals surface area contributed by atoms with E-state index in [0.29, 0.717) is 16.2 Å². The predicted molar refractivity (Wildman–Crippen MR) is 143 cm³/mol. The maximum absolute atomic E-state index is 13.0. The molecule has 10 heteroatoms. The van der Waals surface area contributed by atoms with Crippen LogP contribution in [0.2, 0.25) is 0 Å². The Morgan fingerprint density at radius 3 is 2.57 bits per heavy atom. The lowest BCUT2D eigenvalue weighted by molar-refractivity contribution is -0.150. The van der Waals surface area contributed by atoms with Crippen LogP contribution in [0.25, 0.3) is 21.9 Å². The van der Waals surface area contributed by atoms with Crippen molar-refractivity contribution in [2.45, 2.75) is 22.4 Å². The number of thioether (sulfide) groups is 2. The van der Waals surface area contributed by atoms with E-state index in [4.69, 9.17) is 10.2 Å². The van der Waals surface area contributed by atoms with Crippen molar-refractivity contribution in [3.05, 3.63) is 89.0 Å². The minimum absolute atomic E-state index is 0.0474. The molecule has 3 heterocycles. The molecule has 2 aliphatic heterocycles. The zero-order valence-electron chi connectivity index (χ0n) is 19.3. The van der Waals surface area contributed by atoms with Gasteiger partial charge in [-0.3, -0.25) is 14.5 Å². The number of carboxylic acids is 1. The van der Waals surface area contributed by atoms with E-state index >= 15 is 0 Å². The molecule has 4 aromatic rings. The number of rotatable bonds is 6. The third kappa shape index (κ3) is 4.07. The monoisotopic (exact) mass is 531 g/mol. The lowest BCUT2D eigenvalue weighted by Crippen LogP contribution is -2.71. The summed E-state index contributed by atoms with van der Waals surface area (Å²) >= 11 is 2.74. The zero-order valence-corrected chi connectivity index (χ0v) is 20.9. The Kier molecular flexibility index (Phi) is 5.94. The molecule has 0 saturated carbocycles. The Hall–Kier alpha value is -3.73. The maximum atomic E-state index is 13.0. The van der Waals surface area contributed by atoms with Crippen molar-refractivity contribution in [3.63, 3.8) is 0 Å². The average molecular weight is 532 g/mol. The molecule has 0 radical (unpaired) electrons. The van der Waals surface area contributed by atoms with Crippen molar-refractivity contribution in [3.8, 4) is 0 Å². The van der Waals surface area contributed by atoms with Crippen LogP contribution in [0.3, 0.4) is 0 Å². The van der Waals surface area contributed by atoms with Crippen LogP contribution in [-0.2, 0) is 14.4 Å². The van der Waals surface area contributed by atoms with Gasteiger partial charge in [0, 0.05) is 26.3 Å². The van der Waals surface area contributed by atoms with Gasteiger partial charge in [-0.15, -0.1) is 11.8 Å². The number of hydrogen-bond donors (Lipinski definition) is 3. The number of carboxylic acid groups (broad SMARTS) is 1. The Bertz CT molecular complexity index is 1600. The summed E-state index contributed by atoms with van der Waals surface area (Å²) in [6, 6.07) is 20.6. The van der Waals surface area contributed by atoms with Gasteiger partial charge in [0.25, 0.3) is 5.91 Å². The molecule has 6 rings (SSSR count). The van der Waals surface area contributed by atoms with Crippen LogP contribution >= 0.6 is 23.5 Å². The number of amides is 2. The van der Waals surface area contributed by atoms with Gasteiger partial charge in [0.05, 0.1) is 0 Å². The highest BCUT2D eigenvalue weighted by molar-refractivity contribution is 8.06. The summed E-state index contributed by atoms with van der Waals surface area (Å²) in [6.07, 6.45) is 0. The van der Waals surface area contributed by atoms with Crippen molar-refractivity contribution in [2.24, 2.45) is 5.73 Å². The van der Waals surface area contributed by atoms with Crippen molar-refractivity contribution in [2.75, 3.05) is 5.75 Å². The number of benzene rings is 3. The largest absolute Gasteiger partial charge is 0.477 e. The van der Waals surface area contributed by atoms with Crippen LogP contribution in [0, 0.1) is 0 Å². The van der Waals surface area contributed by atoms with Crippen LogP contribution in [0.5, 0.6) is 0 Å². The molecule has 2 amide bonds. The van der Waals surface area contributed by atoms with Crippen molar-refractivity contribution in [1.29, 1.82) is 0 Å². The van der Waals surface area contributed by atoms with Crippen LogP contribution in [-0.4, -0.2) is 45.0 Å². The van der Waals surface area contributed by atoms with Gasteiger partial charge >= 0.3 is 5.97 Å². The summed E-state index contributed by atoms with van der Waals surface area (Å²) in [4.78, 5) is 40.7. The molecule has 4 N–H and O–H groups in total.